The van der Waals surface area contributed by atoms with E-state index in [9.17, 15) is 4.79 Å². The number of anilines is 1. The van der Waals surface area contributed by atoms with Crippen molar-refractivity contribution < 1.29 is 4.79 Å². The van der Waals surface area contributed by atoms with Crippen LogP contribution in [0.5, 0.6) is 0 Å². The van der Waals surface area contributed by atoms with Gasteiger partial charge in [-0.1, -0.05) is 18.2 Å². The SMILES string of the molecule is C=CC(=O)Nc1ccc(Cl)c2nsnc12. The van der Waals surface area contributed by atoms with Crippen LogP contribution >= 0.6 is 23.3 Å². The quantitative estimate of drug-likeness (QED) is 0.819. The van der Waals surface area contributed by atoms with Crippen molar-refractivity contribution in [1.29, 1.82) is 0 Å². The molecule has 1 amide bonds. The summed E-state index contributed by atoms with van der Waals surface area (Å²) >= 11 is 6.97. The highest BCUT2D eigenvalue weighted by Crippen LogP contribution is 2.27. The molecule has 6 heteroatoms. The van der Waals surface area contributed by atoms with Crippen LogP contribution in [0.25, 0.3) is 11.0 Å². The maximum atomic E-state index is 11.1. The van der Waals surface area contributed by atoms with Gasteiger partial charge in [-0.2, -0.15) is 8.75 Å². The van der Waals surface area contributed by atoms with E-state index in [0.717, 1.165) is 11.7 Å². The third-order valence-electron chi connectivity index (χ3n) is 1.81. The van der Waals surface area contributed by atoms with Crippen molar-refractivity contribution in [3.8, 4) is 0 Å². The van der Waals surface area contributed by atoms with Gasteiger partial charge < -0.3 is 5.32 Å². The van der Waals surface area contributed by atoms with E-state index in [1.54, 1.807) is 12.1 Å². The average molecular weight is 240 g/mol. The number of nitrogens with zero attached hydrogens (tertiary/aromatic N) is 2. The van der Waals surface area contributed by atoms with Crippen LogP contribution in [0.3, 0.4) is 0 Å². The zero-order valence-electron chi connectivity index (χ0n) is 7.53. The summed E-state index contributed by atoms with van der Waals surface area (Å²) in [7, 11) is 0. The van der Waals surface area contributed by atoms with Crippen LogP contribution in [0, 0.1) is 0 Å². The van der Waals surface area contributed by atoms with Gasteiger partial charge in [0.15, 0.2) is 0 Å². The Kier molecular flexibility index (Phi) is 2.66. The van der Waals surface area contributed by atoms with Crippen LogP contribution in [0.2, 0.25) is 5.02 Å². The topological polar surface area (TPSA) is 54.9 Å². The lowest BCUT2D eigenvalue weighted by atomic mass is 10.2. The Balaban J connectivity index is 2.52. The fourth-order valence-corrected chi connectivity index (χ4v) is 1.94. The molecule has 0 unspecified atom stereocenters. The number of carbonyl (C=O) groups excluding carboxylic acids is 1. The summed E-state index contributed by atoms with van der Waals surface area (Å²) in [4.78, 5) is 11.1. The molecule has 0 aliphatic heterocycles. The molecule has 1 aromatic heterocycles. The largest absolute Gasteiger partial charge is 0.321 e. The Bertz CT molecular complexity index is 537. The first-order valence-corrected chi connectivity index (χ1v) is 5.17. The molecule has 76 valence electrons. The molecule has 1 heterocycles. The molecule has 0 atom stereocenters. The molecule has 0 aliphatic rings. The van der Waals surface area contributed by atoms with Gasteiger partial charge in [-0.15, -0.1) is 0 Å². The Morgan fingerprint density at radius 2 is 2.20 bits per heavy atom. The van der Waals surface area contributed by atoms with E-state index in [2.05, 4.69) is 20.6 Å². The van der Waals surface area contributed by atoms with E-state index in [0.29, 0.717) is 21.7 Å². The van der Waals surface area contributed by atoms with E-state index in [4.69, 9.17) is 11.6 Å². The summed E-state index contributed by atoms with van der Waals surface area (Å²) in [6, 6.07) is 3.36. The van der Waals surface area contributed by atoms with Crippen LogP contribution in [0.4, 0.5) is 5.69 Å². The number of hydrogen-bond donors (Lipinski definition) is 1. The minimum atomic E-state index is -0.286. The molecule has 1 N–H and O–H groups in total. The molecule has 2 aromatic rings. The van der Waals surface area contributed by atoms with Crippen LogP contribution in [0.1, 0.15) is 0 Å². The van der Waals surface area contributed by atoms with Crippen LogP contribution in [-0.4, -0.2) is 14.7 Å². The standard InChI is InChI=1S/C9H6ClN3OS/c1-2-7(14)11-6-4-3-5(10)8-9(6)13-15-12-8/h2-4H,1H2,(H,11,14). The molecule has 1 aromatic carbocycles. The van der Waals surface area contributed by atoms with Gasteiger partial charge in [0.1, 0.15) is 11.0 Å². The van der Waals surface area contributed by atoms with Gasteiger partial charge in [-0.05, 0) is 18.2 Å². The average Bonchev–Trinajstić information content (AvgIpc) is 2.71. The summed E-state index contributed by atoms with van der Waals surface area (Å²) in [5.41, 5.74) is 1.79. The van der Waals surface area contributed by atoms with Gasteiger partial charge in [-0.3, -0.25) is 4.79 Å². The maximum absolute atomic E-state index is 11.1. The fraction of sp³-hybridized carbons (Fsp3) is 0. The second kappa shape index (κ2) is 3.96. The Labute approximate surface area is 94.9 Å². The van der Waals surface area contributed by atoms with Crippen LogP contribution in [0.15, 0.2) is 24.8 Å². The number of amides is 1. The highest BCUT2D eigenvalue weighted by atomic mass is 35.5. The molecule has 0 aliphatic carbocycles. The lowest BCUT2D eigenvalue weighted by Gasteiger charge is -2.02. The summed E-state index contributed by atoms with van der Waals surface area (Å²) in [5, 5.41) is 3.16. The summed E-state index contributed by atoms with van der Waals surface area (Å²) in [6.07, 6.45) is 1.19. The van der Waals surface area contributed by atoms with E-state index >= 15 is 0 Å². The van der Waals surface area contributed by atoms with E-state index in [-0.39, 0.29) is 5.91 Å². The van der Waals surface area contributed by atoms with Crippen molar-refractivity contribution in [3.63, 3.8) is 0 Å². The van der Waals surface area contributed by atoms with Crippen molar-refractivity contribution in [2.24, 2.45) is 0 Å². The predicted molar refractivity (Wildman–Crippen MR) is 61.3 cm³/mol. The first-order valence-electron chi connectivity index (χ1n) is 4.06. The monoisotopic (exact) mass is 239 g/mol. The number of aromatic nitrogens is 2. The first kappa shape index (κ1) is 10.1. The zero-order valence-corrected chi connectivity index (χ0v) is 9.10. The summed E-state index contributed by atoms with van der Waals surface area (Å²) < 4.78 is 8.10. The molecule has 0 saturated carbocycles. The predicted octanol–water partition coefficient (Wildman–Crippen LogP) is 2.47. The molecule has 0 bridgehead atoms. The summed E-state index contributed by atoms with van der Waals surface area (Å²) in [5.74, 6) is -0.286. The molecule has 0 saturated heterocycles. The van der Waals surface area contributed by atoms with Crippen molar-refractivity contribution in [1.82, 2.24) is 8.75 Å². The Hall–Kier alpha value is -1.46. The lowest BCUT2D eigenvalue weighted by Crippen LogP contribution is -2.07. The maximum Gasteiger partial charge on any atom is 0.247 e. The number of carbonyl (C=O) groups is 1. The van der Waals surface area contributed by atoms with Gasteiger partial charge >= 0.3 is 0 Å². The highest BCUT2D eigenvalue weighted by molar-refractivity contribution is 7.00. The molecule has 2 rings (SSSR count). The van der Waals surface area contributed by atoms with Gasteiger partial charge in [-0.25, -0.2) is 0 Å². The smallest absolute Gasteiger partial charge is 0.247 e. The second-order valence-electron chi connectivity index (χ2n) is 2.75. The number of rotatable bonds is 2. The van der Waals surface area contributed by atoms with Gasteiger partial charge in [0.05, 0.1) is 22.4 Å². The Morgan fingerprint density at radius 1 is 1.47 bits per heavy atom. The van der Waals surface area contributed by atoms with Crippen LogP contribution in [-0.2, 0) is 4.79 Å². The molecule has 15 heavy (non-hydrogen) atoms. The molecule has 0 fully saturated rings. The molecule has 0 spiro atoms. The minimum Gasteiger partial charge on any atom is -0.321 e. The van der Waals surface area contributed by atoms with E-state index in [1.165, 1.54) is 6.08 Å². The number of fused-ring (bicyclic) bond motifs is 1. The third kappa shape index (κ3) is 1.84. The molecular weight excluding hydrogens is 234 g/mol. The Morgan fingerprint density at radius 3 is 2.93 bits per heavy atom. The van der Waals surface area contributed by atoms with Gasteiger partial charge in [0.25, 0.3) is 0 Å². The van der Waals surface area contributed by atoms with E-state index < -0.39 is 0 Å². The first-order chi connectivity index (χ1) is 7.22. The normalized spacial score (nSPS) is 10.2. The van der Waals surface area contributed by atoms with Crippen molar-refractivity contribution in [2.45, 2.75) is 0 Å². The van der Waals surface area contributed by atoms with Gasteiger partial charge in [0.2, 0.25) is 5.91 Å². The van der Waals surface area contributed by atoms with Crippen molar-refractivity contribution in [3.05, 3.63) is 29.8 Å². The van der Waals surface area contributed by atoms with Crippen LogP contribution < -0.4 is 5.32 Å². The number of nitrogens with one attached hydrogen (secondary N) is 1. The van der Waals surface area contributed by atoms with Crippen molar-refractivity contribution >= 4 is 46.0 Å². The minimum absolute atomic E-state index is 0.286. The highest BCUT2D eigenvalue weighted by Gasteiger charge is 2.09. The second-order valence-corrected chi connectivity index (χ2v) is 3.69. The van der Waals surface area contributed by atoms with Crippen molar-refractivity contribution in [2.75, 3.05) is 5.32 Å². The fourth-order valence-electron chi connectivity index (χ4n) is 1.12. The number of halogens is 1. The third-order valence-corrected chi connectivity index (χ3v) is 2.64. The molecular formula is C9H6ClN3OS. The summed E-state index contributed by atoms with van der Waals surface area (Å²) in [6.45, 7) is 3.37. The molecule has 0 radical (unpaired) electrons. The zero-order chi connectivity index (χ0) is 10.8. The van der Waals surface area contributed by atoms with Gasteiger partial charge in [0, 0.05) is 0 Å². The number of benzene rings is 1. The molecule has 4 nitrogen and oxygen atoms in total. The van der Waals surface area contributed by atoms with E-state index in [1.807, 2.05) is 0 Å². The lowest BCUT2D eigenvalue weighted by molar-refractivity contribution is -0.111. The number of hydrogen-bond acceptors (Lipinski definition) is 4.